The van der Waals surface area contributed by atoms with Crippen LogP contribution in [0.2, 0.25) is 0 Å². The Morgan fingerprint density at radius 2 is 1.41 bits per heavy atom. The molecule has 0 N–H and O–H groups in total. The van der Waals surface area contributed by atoms with Crippen molar-refractivity contribution < 1.29 is 9.59 Å². The molecule has 2 aromatic carbocycles. The summed E-state index contributed by atoms with van der Waals surface area (Å²) in [4.78, 5) is 26.4. The summed E-state index contributed by atoms with van der Waals surface area (Å²) in [6, 6.07) is 20.4. The van der Waals surface area contributed by atoms with Crippen LogP contribution in [-0.2, 0) is 9.59 Å². The lowest BCUT2D eigenvalue weighted by atomic mass is 9.93. The van der Waals surface area contributed by atoms with Crippen LogP contribution in [0.3, 0.4) is 0 Å². The molecule has 0 aromatic heterocycles. The van der Waals surface area contributed by atoms with Crippen LogP contribution < -0.4 is 0 Å². The highest BCUT2D eigenvalue weighted by Crippen LogP contribution is 2.28. The van der Waals surface area contributed by atoms with Crippen LogP contribution in [0.25, 0.3) is 5.57 Å². The summed E-state index contributed by atoms with van der Waals surface area (Å²) >= 11 is 0. The van der Waals surface area contributed by atoms with Crippen LogP contribution >= 0.6 is 0 Å². The number of Topliss-reactive ketones (excluding diaryl/α,β-unsaturated/α-hetero) is 1. The van der Waals surface area contributed by atoms with E-state index < -0.39 is 0 Å². The topological polar surface area (TPSA) is 37.4 Å². The zero-order valence-corrected chi connectivity index (χ0v) is 15.9. The molecule has 1 amide bonds. The maximum Gasteiger partial charge on any atom is 0.234 e. The Labute approximate surface area is 161 Å². The largest absolute Gasteiger partial charge is 0.315 e. The highest BCUT2D eigenvalue weighted by atomic mass is 16.2. The number of carbonyl (C=O) groups is 2. The van der Waals surface area contributed by atoms with Gasteiger partial charge in [-0.05, 0) is 30.9 Å². The Balaban J connectivity index is 2.04. The smallest absolute Gasteiger partial charge is 0.234 e. The average molecular weight is 361 g/mol. The fourth-order valence-electron chi connectivity index (χ4n) is 3.73. The first-order valence-electron chi connectivity index (χ1n) is 9.78. The van der Waals surface area contributed by atoms with Crippen molar-refractivity contribution in [1.29, 1.82) is 0 Å². The molecule has 140 valence electrons. The maximum atomic E-state index is 12.9. The third kappa shape index (κ3) is 5.16. The molecule has 0 unspecified atom stereocenters. The number of benzene rings is 2. The van der Waals surface area contributed by atoms with Crippen molar-refractivity contribution in [3.05, 3.63) is 78.0 Å². The van der Waals surface area contributed by atoms with Gasteiger partial charge in [0.05, 0.1) is 6.42 Å². The van der Waals surface area contributed by atoms with E-state index in [2.05, 4.69) is 24.3 Å². The van der Waals surface area contributed by atoms with E-state index in [9.17, 15) is 9.59 Å². The normalized spacial score (nSPS) is 14.4. The number of hydrogen-bond donors (Lipinski definition) is 0. The molecular weight excluding hydrogens is 334 g/mol. The predicted molar refractivity (Wildman–Crippen MR) is 109 cm³/mol. The first-order chi connectivity index (χ1) is 13.1. The van der Waals surface area contributed by atoms with Crippen molar-refractivity contribution in [2.45, 2.75) is 51.5 Å². The Hall–Kier alpha value is -2.68. The third-order valence-corrected chi connectivity index (χ3v) is 5.09. The Morgan fingerprint density at radius 3 is 1.89 bits per heavy atom. The summed E-state index contributed by atoms with van der Waals surface area (Å²) in [5.41, 5.74) is 3.15. The molecule has 0 spiro atoms. The number of carbonyl (C=O) groups excluding carboxylic acids is 2. The highest BCUT2D eigenvalue weighted by Gasteiger charge is 2.25. The second-order valence-electron chi connectivity index (χ2n) is 7.25. The van der Waals surface area contributed by atoms with E-state index in [-0.39, 0.29) is 24.2 Å². The molecule has 3 nitrogen and oxygen atoms in total. The lowest BCUT2D eigenvalue weighted by Gasteiger charge is -2.32. The number of amides is 1. The third-order valence-electron chi connectivity index (χ3n) is 5.09. The minimum atomic E-state index is -0.0984. The molecule has 1 aliphatic carbocycles. The van der Waals surface area contributed by atoms with Crippen molar-refractivity contribution in [3.8, 4) is 0 Å². The summed E-state index contributed by atoms with van der Waals surface area (Å²) in [7, 11) is 0. The fourth-order valence-corrected chi connectivity index (χ4v) is 3.73. The van der Waals surface area contributed by atoms with E-state index in [0.717, 1.165) is 42.4 Å². The molecule has 0 radical (unpaired) electrons. The van der Waals surface area contributed by atoms with Gasteiger partial charge in [-0.25, -0.2) is 0 Å². The second-order valence-corrected chi connectivity index (χ2v) is 7.25. The molecule has 3 rings (SSSR count). The molecule has 0 atom stereocenters. The van der Waals surface area contributed by atoms with E-state index >= 15 is 0 Å². The lowest BCUT2D eigenvalue weighted by molar-refractivity contribution is -0.134. The second kappa shape index (κ2) is 9.31. The zero-order valence-electron chi connectivity index (χ0n) is 15.9. The summed E-state index contributed by atoms with van der Waals surface area (Å²) in [6.45, 7) is 1.48. The van der Waals surface area contributed by atoms with Crippen molar-refractivity contribution in [1.82, 2.24) is 4.90 Å². The van der Waals surface area contributed by atoms with Crippen molar-refractivity contribution in [2.24, 2.45) is 0 Å². The number of nitrogens with zero attached hydrogens (tertiary/aromatic N) is 1. The van der Waals surface area contributed by atoms with E-state index in [1.54, 1.807) is 0 Å². The van der Waals surface area contributed by atoms with Gasteiger partial charge in [0.15, 0.2) is 0 Å². The van der Waals surface area contributed by atoms with Crippen LogP contribution in [0.5, 0.6) is 0 Å². The predicted octanol–water partition coefficient (Wildman–Crippen LogP) is 5.22. The zero-order chi connectivity index (χ0) is 19.1. The van der Waals surface area contributed by atoms with E-state index in [1.165, 1.54) is 13.3 Å². The first kappa shape index (κ1) is 19.1. The standard InChI is InChI=1S/C24H27NO2/c1-19(26)17-24(27)25(22-15-9-4-10-16-22)18-23(20-11-5-2-6-12-20)21-13-7-3-8-14-21/h2-3,5-8,11-14,18,22H,4,9-10,15-17H2,1H3. The number of ketones is 1. The molecular formula is C24H27NO2. The maximum absolute atomic E-state index is 12.9. The summed E-state index contributed by atoms with van der Waals surface area (Å²) in [5, 5.41) is 0. The first-order valence-corrected chi connectivity index (χ1v) is 9.78. The highest BCUT2D eigenvalue weighted by molar-refractivity contribution is 5.98. The van der Waals surface area contributed by atoms with E-state index in [0.29, 0.717) is 0 Å². The van der Waals surface area contributed by atoms with Crippen LogP contribution in [0.4, 0.5) is 0 Å². The molecule has 1 saturated carbocycles. The van der Waals surface area contributed by atoms with Gasteiger partial charge >= 0.3 is 0 Å². The Kier molecular flexibility index (Phi) is 6.59. The SMILES string of the molecule is CC(=O)CC(=O)N(C=C(c1ccccc1)c1ccccc1)C1CCCCC1. The van der Waals surface area contributed by atoms with Crippen molar-refractivity contribution >= 4 is 17.3 Å². The van der Waals surface area contributed by atoms with Gasteiger partial charge in [0, 0.05) is 17.8 Å². The minimum absolute atomic E-state index is 0.0378. The molecule has 1 fully saturated rings. The van der Waals surface area contributed by atoms with E-state index in [1.807, 2.05) is 47.5 Å². The number of rotatable bonds is 6. The van der Waals surface area contributed by atoms with Gasteiger partial charge in [-0.15, -0.1) is 0 Å². The molecule has 0 bridgehead atoms. The Morgan fingerprint density at radius 1 is 0.889 bits per heavy atom. The van der Waals surface area contributed by atoms with Crippen LogP contribution in [-0.4, -0.2) is 22.6 Å². The van der Waals surface area contributed by atoms with Gasteiger partial charge in [-0.3, -0.25) is 9.59 Å². The quantitative estimate of drug-likeness (QED) is 0.662. The number of hydrogen-bond acceptors (Lipinski definition) is 2. The summed E-state index contributed by atoms with van der Waals surface area (Å²) in [6.07, 6.45) is 7.42. The molecule has 0 heterocycles. The van der Waals surface area contributed by atoms with Gasteiger partial charge in [0.1, 0.15) is 5.78 Å². The van der Waals surface area contributed by atoms with Gasteiger partial charge in [-0.2, -0.15) is 0 Å². The van der Waals surface area contributed by atoms with Gasteiger partial charge in [0.25, 0.3) is 0 Å². The van der Waals surface area contributed by atoms with E-state index in [4.69, 9.17) is 0 Å². The molecule has 3 heteroatoms. The lowest BCUT2D eigenvalue weighted by Crippen LogP contribution is -2.38. The molecule has 2 aromatic rings. The summed E-state index contributed by atoms with van der Waals surface area (Å²) < 4.78 is 0. The average Bonchev–Trinajstić information content (AvgIpc) is 2.70. The molecule has 0 saturated heterocycles. The van der Waals surface area contributed by atoms with Crippen LogP contribution in [0, 0.1) is 0 Å². The van der Waals surface area contributed by atoms with Gasteiger partial charge in [-0.1, -0.05) is 79.9 Å². The molecule has 0 aliphatic heterocycles. The van der Waals surface area contributed by atoms with Gasteiger partial charge < -0.3 is 4.90 Å². The van der Waals surface area contributed by atoms with Crippen LogP contribution in [0.1, 0.15) is 56.6 Å². The summed E-state index contributed by atoms with van der Waals surface area (Å²) in [5.74, 6) is -0.186. The fraction of sp³-hybridized carbons (Fsp3) is 0.333. The van der Waals surface area contributed by atoms with Crippen molar-refractivity contribution in [2.75, 3.05) is 0 Å². The minimum Gasteiger partial charge on any atom is -0.315 e. The van der Waals surface area contributed by atoms with Crippen LogP contribution in [0.15, 0.2) is 66.9 Å². The van der Waals surface area contributed by atoms with Crippen molar-refractivity contribution in [3.63, 3.8) is 0 Å². The van der Waals surface area contributed by atoms with Gasteiger partial charge in [0.2, 0.25) is 5.91 Å². The molecule has 1 aliphatic rings. The monoisotopic (exact) mass is 361 g/mol. The molecule has 27 heavy (non-hydrogen) atoms. The Bertz CT molecular complexity index is 748.